The Morgan fingerprint density at radius 2 is 2.10 bits per heavy atom. The van der Waals surface area contributed by atoms with Gasteiger partial charge < -0.3 is 20.1 Å². The van der Waals surface area contributed by atoms with Crippen molar-refractivity contribution >= 4 is 12.0 Å². The van der Waals surface area contributed by atoms with Crippen molar-refractivity contribution in [3.05, 3.63) is 0 Å². The second kappa shape index (κ2) is 7.32. The van der Waals surface area contributed by atoms with Gasteiger partial charge in [0.2, 0.25) is 0 Å². The molecule has 0 aliphatic carbocycles. The molecular weight excluding hydrogens is 281 g/mol. The molecule has 1 heterocycles. The molecular formula is C11H17F3N2O4. The highest BCUT2D eigenvalue weighted by Gasteiger charge is 2.28. The fraction of sp³-hybridized carbons (Fsp3) is 0.818. The Morgan fingerprint density at radius 1 is 1.40 bits per heavy atom. The first-order valence-electron chi connectivity index (χ1n) is 6.19. The number of hydrogen-bond donors (Lipinski definition) is 2. The van der Waals surface area contributed by atoms with Gasteiger partial charge in [-0.05, 0) is 12.8 Å². The fourth-order valence-corrected chi connectivity index (χ4v) is 1.89. The Bertz CT molecular complexity index is 349. The van der Waals surface area contributed by atoms with E-state index in [4.69, 9.17) is 5.11 Å². The molecule has 0 aromatic carbocycles. The highest BCUT2D eigenvalue weighted by molar-refractivity contribution is 5.76. The molecule has 9 heteroatoms. The first-order chi connectivity index (χ1) is 9.29. The maximum Gasteiger partial charge on any atom is 0.411 e. The van der Waals surface area contributed by atoms with Crippen molar-refractivity contribution in [3.8, 4) is 0 Å². The molecule has 0 spiro atoms. The van der Waals surface area contributed by atoms with Gasteiger partial charge in [-0.25, -0.2) is 4.79 Å². The zero-order valence-corrected chi connectivity index (χ0v) is 10.8. The average molecular weight is 298 g/mol. The van der Waals surface area contributed by atoms with Gasteiger partial charge >= 0.3 is 18.2 Å². The number of urea groups is 1. The highest BCUT2D eigenvalue weighted by Crippen LogP contribution is 2.16. The van der Waals surface area contributed by atoms with Crippen LogP contribution < -0.4 is 5.32 Å². The molecule has 0 aromatic rings. The number of ether oxygens (including phenoxy) is 1. The number of halogens is 3. The molecule has 116 valence electrons. The van der Waals surface area contributed by atoms with Gasteiger partial charge in [0.15, 0.2) is 0 Å². The Kier molecular flexibility index (Phi) is 6.05. The van der Waals surface area contributed by atoms with Crippen LogP contribution in [0.5, 0.6) is 0 Å². The van der Waals surface area contributed by atoms with Crippen LogP contribution in [0.3, 0.4) is 0 Å². The fourth-order valence-electron chi connectivity index (χ4n) is 1.89. The van der Waals surface area contributed by atoms with E-state index in [9.17, 15) is 22.8 Å². The molecule has 0 radical (unpaired) electrons. The van der Waals surface area contributed by atoms with E-state index in [1.54, 1.807) is 0 Å². The summed E-state index contributed by atoms with van der Waals surface area (Å²) in [6.45, 7) is -1.10. The lowest BCUT2D eigenvalue weighted by atomic mass is 9.99. The van der Waals surface area contributed by atoms with E-state index in [0.29, 0.717) is 19.4 Å². The van der Waals surface area contributed by atoms with Gasteiger partial charge in [0.25, 0.3) is 0 Å². The Balaban J connectivity index is 2.20. The van der Waals surface area contributed by atoms with E-state index in [1.807, 2.05) is 0 Å². The van der Waals surface area contributed by atoms with Crippen molar-refractivity contribution in [3.63, 3.8) is 0 Å². The molecule has 0 saturated carbocycles. The molecule has 6 nitrogen and oxygen atoms in total. The number of carbonyl (C=O) groups is 2. The van der Waals surface area contributed by atoms with Gasteiger partial charge in [-0.3, -0.25) is 4.79 Å². The smallest absolute Gasteiger partial charge is 0.411 e. The van der Waals surface area contributed by atoms with E-state index in [-0.39, 0.29) is 19.7 Å². The van der Waals surface area contributed by atoms with Gasteiger partial charge in [-0.15, -0.1) is 0 Å². The van der Waals surface area contributed by atoms with E-state index in [2.05, 4.69) is 10.1 Å². The molecule has 1 atom stereocenters. The quantitative estimate of drug-likeness (QED) is 0.744. The Hall–Kier alpha value is -1.51. The summed E-state index contributed by atoms with van der Waals surface area (Å²) in [5, 5.41) is 11.3. The number of nitrogens with one attached hydrogen (secondary N) is 1. The lowest BCUT2D eigenvalue weighted by Gasteiger charge is -2.30. The van der Waals surface area contributed by atoms with Crippen molar-refractivity contribution in [2.24, 2.45) is 5.92 Å². The second-order valence-electron chi connectivity index (χ2n) is 4.52. The normalized spacial score (nSPS) is 19.8. The summed E-state index contributed by atoms with van der Waals surface area (Å²) < 4.78 is 39.7. The lowest BCUT2D eigenvalue weighted by molar-refractivity contribution is -0.173. The first-order valence-corrected chi connectivity index (χ1v) is 6.19. The van der Waals surface area contributed by atoms with Crippen LogP contribution in [0.15, 0.2) is 0 Å². The number of alkyl halides is 3. The maximum atomic E-state index is 11.8. The number of carboxylic acids is 1. The minimum Gasteiger partial charge on any atom is -0.481 e. The molecule has 0 bridgehead atoms. The van der Waals surface area contributed by atoms with Crippen LogP contribution in [0.2, 0.25) is 0 Å². The van der Waals surface area contributed by atoms with Crippen LogP contribution in [-0.4, -0.2) is 61.0 Å². The zero-order chi connectivity index (χ0) is 15.2. The minimum absolute atomic E-state index is 0.0524. The lowest BCUT2D eigenvalue weighted by Crippen LogP contribution is -2.47. The number of amides is 2. The molecule has 1 rings (SSSR count). The molecule has 2 amide bonds. The van der Waals surface area contributed by atoms with Crippen LogP contribution >= 0.6 is 0 Å². The molecule has 20 heavy (non-hydrogen) atoms. The van der Waals surface area contributed by atoms with Crippen LogP contribution in [0.25, 0.3) is 0 Å². The summed E-state index contributed by atoms with van der Waals surface area (Å²) in [5.74, 6) is -1.54. The van der Waals surface area contributed by atoms with Crippen molar-refractivity contribution in [2.75, 3.05) is 32.8 Å². The average Bonchev–Trinajstić information content (AvgIpc) is 2.37. The summed E-state index contributed by atoms with van der Waals surface area (Å²) >= 11 is 0. The molecule has 1 aliphatic rings. The SMILES string of the molecule is O=C(O)C1CCCN(C(=O)NCCOCC(F)(F)F)C1. The molecule has 0 aromatic heterocycles. The second-order valence-corrected chi connectivity index (χ2v) is 4.52. The number of aliphatic carboxylic acids is 1. The molecule has 1 fully saturated rings. The van der Waals surface area contributed by atoms with E-state index in [1.165, 1.54) is 4.90 Å². The topological polar surface area (TPSA) is 78.9 Å². The summed E-state index contributed by atoms with van der Waals surface area (Å²) in [5.41, 5.74) is 0. The number of piperidine rings is 1. The summed E-state index contributed by atoms with van der Waals surface area (Å²) in [6.07, 6.45) is -3.27. The number of hydrogen-bond acceptors (Lipinski definition) is 3. The Labute approximate surface area is 113 Å². The predicted octanol–water partition coefficient (Wildman–Crippen LogP) is 1.07. The number of likely N-dealkylation sites (tertiary alicyclic amines) is 1. The van der Waals surface area contributed by atoms with Crippen LogP contribution in [0, 0.1) is 5.92 Å². The number of nitrogens with zero attached hydrogens (tertiary/aromatic N) is 1. The van der Waals surface area contributed by atoms with Crippen molar-refractivity contribution in [1.82, 2.24) is 10.2 Å². The van der Waals surface area contributed by atoms with Crippen molar-refractivity contribution in [1.29, 1.82) is 0 Å². The molecule has 1 aliphatic heterocycles. The maximum absolute atomic E-state index is 11.8. The third-order valence-corrected chi connectivity index (χ3v) is 2.85. The van der Waals surface area contributed by atoms with Crippen LogP contribution in [0.1, 0.15) is 12.8 Å². The van der Waals surface area contributed by atoms with Crippen molar-refractivity contribution < 1.29 is 32.6 Å². The summed E-state index contributed by atoms with van der Waals surface area (Å²) in [7, 11) is 0. The Morgan fingerprint density at radius 3 is 2.70 bits per heavy atom. The number of carbonyl (C=O) groups excluding carboxylic acids is 1. The number of carboxylic acid groups (broad SMARTS) is 1. The van der Waals surface area contributed by atoms with Crippen LogP contribution in [-0.2, 0) is 9.53 Å². The van der Waals surface area contributed by atoms with Gasteiger partial charge in [-0.2, -0.15) is 13.2 Å². The zero-order valence-electron chi connectivity index (χ0n) is 10.8. The monoisotopic (exact) mass is 298 g/mol. The molecule has 2 N–H and O–H groups in total. The van der Waals surface area contributed by atoms with E-state index in [0.717, 1.165) is 0 Å². The molecule has 1 saturated heterocycles. The van der Waals surface area contributed by atoms with Gasteiger partial charge in [0, 0.05) is 19.6 Å². The minimum atomic E-state index is -4.38. The third-order valence-electron chi connectivity index (χ3n) is 2.85. The number of rotatable bonds is 5. The standard InChI is InChI=1S/C11H17F3N2O4/c12-11(13,14)7-20-5-3-15-10(19)16-4-1-2-8(6-16)9(17)18/h8H,1-7H2,(H,15,19)(H,17,18). The predicted molar refractivity (Wildman–Crippen MR) is 62.2 cm³/mol. The van der Waals surface area contributed by atoms with Gasteiger partial charge in [-0.1, -0.05) is 0 Å². The van der Waals surface area contributed by atoms with Crippen molar-refractivity contribution in [2.45, 2.75) is 19.0 Å². The summed E-state index contributed by atoms with van der Waals surface area (Å²) in [4.78, 5) is 23.9. The molecule has 1 unspecified atom stereocenters. The first kappa shape index (κ1) is 16.5. The third kappa shape index (κ3) is 6.09. The van der Waals surface area contributed by atoms with Gasteiger partial charge in [0.05, 0.1) is 12.5 Å². The van der Waals surface area contributed by atoms with Gasteiger partial charge in [0.1, 0.15) is 6.61 Å². The highest BCUT2D eigenvalue weighted by atomic mass is 19.4. The van der Waals surface area contributed by atoms with Crippen LogP contribution in [0.4, 0.5) is 18.0 Å². The van der Waals surface area contributed by atoms with E-state index < -0.39 is 30.7 Å². The largest absolute Gasteiger partial charge is 0.481 e. The summed E-state index contributed by atoms with van der Waals surface area (Å²) in [6, 6.07) is -0.480. The van der Waals surface area contributed by atoms with E-state index >= 15 is 0 Å².